The number of sulfone groups is 1. The molecule has 1 fully saturated rings. The molecular weight excluding hydrogens is 493 g/mol. The predicted molar refractivity (Wildman–Crippen MR) is 135 cm³/mol. The molecule has 0 bridgehead atoms. The van der Waals surface area contributed by atoms with Gasteiger partial charge in [-0.25, -0.2) is 8.42 Å². The van der Waals surface area contributed by atoms with Gasteiger partial charge in [-0.3, -0.25) is 9.48 Å². The Kier molecular flexibility index (Phi) is 7.65. The van der Waals surface area contributed by atoms with E-state index in [1.54, 1.807) is 22.9 Å². The number of carbonyl (C=O) groups is 1. The van der Waals surface area contributed by atoms with Crippen molar-refractivity contribution in [2.45, 2.75) is 49.5 Å². The molecule has 34 heavy (non-hydrogen) atoms. The number of nitrogens with zero attached hydrogens (tertiary/aromatic N) is 2. The summed E-state index contributed by atoms with van der Waals surface area (Å²) in [6.07, 6.45) is 8.14. The minimum atomic E-state index is -3.45. The van der Waals surface area contributed by atoms with E-state index in [1.165, 1.54) is 18.9 Å². The minimum Gasteiger partial charge on any atom is -0.309 e. The van der Waals surface area contributed by atoms with Gasteiger partial charge in [-0.05, 0) is 47.7 Å². The first-order valence-corrected chi connectivity index (χ1v) is 13.9. The van der Waals surface area contributed by atoms with Crippen molar-refractivity contribution in [1.29, 1.82) is 0 Å². The van der Waals surface area contributed by atoms with E-state index in [4.69, 9.17) is 23.2 Å². The van der Waals surface area contributed by atoms with E-state index in [1.807, 2.05) is 30.5 Å². The molecule has 6 nitrogen and oxygen atoms in total. The van der Waals surface area contributed by atoms with Crippen molar-refractivity contribution in [3.8, 4) is 0 Å². The first-order chi connectivity index (χ1) is 16.2. The fourth-order valence-electron chi connectivity index (χ4n) is 4.52. The van der Waals surface area contributed by atoms with Crippen molar-refractivity contribution in [1.82, 2.24) is 9.78 Å². The number of aromatic nitrogens is 2. The third-order valence-electron chi connectivity index (χ3n) is 6.27. The Morgan fingerprint density at radius 3 is 2.47 bits per heavy atom. The Morgan fingerprint density at radius 2 is 1.82 bits per heavy atom. The summed E-state index contributed by atoms with van der Waals surface area (Å²) >= 11 is 12.2. The fourth-order valence-corrected chi connectivity index (χ4v) is 5.98. The lowest BCUT2D eigenvalue weighted by atomic mass is 9.87. The number of nitrogens with one attached hydrogen (secondary N) is 1. The summed E-state index contributed by atoms with van der Waals surface area (Å²) in [5, 5.41) is 8.24. The quantitative estimate of drug-likeness (QED) is 0.398. The van der Waals surface area contributed by atoms with E-state index in [0.717, 1.165) is 24.7 Å². The van der Waals surface area contributed by atoms with Gasteiger partial charge in [0.05, 0.1) is 22.4 Å². The Morgan fingerprint density at radius 1 is 1.12 bits per heavy atom. The van der Waals surface area contributed by atoms with Gasteiger partial charge in [-0.2, -0.15) is 5.10 Å². The van der Waals surface area contributed by atoms with Crippen LogP contribution in [0.4, 0.5) is 5.82 Å². The van der Waals surface area contributed by atoms with Crippen LogP contribution in [0.5, 0.6) is 0 Å². The zero-order chi connectivity index (χ0) is 24.3. The smallest absolute Gasteiger partial charge is 0.233 e. The monoisotopic (exact) mass is 519 g/mol. The highest BCUT2D eigenvalue weighted by molar-refractivity contribution is 7.90. The average Bonchev–Trinajstić information content (AvgIpc) is 3.44. The molecule has 1 saturated carbocycles. The molecule has 1 amide bonds. The van der Waals surface area contributed by atoms with Crippen molar-refractivity contribution >= 4 is 44.8 Å². The summed E-state index contributed by atoms with van der Waals surface area (Å²) in [6.45, 7) is 0.557. The molecule has 180 valence electrons. The van der Waals surface area contributed by atoms with E-state index in [0.29, 0.717) is 35.3 Å². The second-order valence-corrected chi connectivity index (χ2v) is 11.7. The van der Waals surface area contributed by atoms with Crippen molar-refractivity contribution in [2.24, 2.45) is 5.92 Å². The van der Waals surface area contributed by atoms with Crippen molar-refractivity contribution in [3.63, 3.8) is 0 Å². The maximum atomic E-state index is 13.4. The summed E-state index contributed by atoms with van der Waals surface area (Å²) in [7, 11) is -3.45. The molecular formula is C25H27Cl2N3O3S. The van der Waals surface area contributed by atoms with Gasteiger partial charge in [0.15, 0.2) is 15.7 Å². The molecule has 4 rings (SSSR count). The zero-order valence-electron chi connectivity index (χ0n) is 18.9. The molecule has 1 unspecified atom stereocenters. The van der Waals surface area contributed by atoms with Gasteiger partial charge >= 0.3 is 0 Å². The SMILES string of the molecule is CS(=O)(=O)c1ccc(C(CC2CCCC2)C(=O)Nc2ccn(Cc3ccc(Cl)cc3)n2)cc1Cl. The first kappa shape index (κ1) is 24.8. The van der Waals surface area contributed by atoms with E-state index in [2.05, 4.69) is 10.4 Å². The maximum absolute atomic E-state index is 13.4. The number of benzene rings is 2. The molecule has 0 radical (unpaired) electrons. The number of hydrogen-bond donors (Lipinski definition) is 1. The third-order valence-corrected chi connectivity index (χ3v) is 8.10. The normalized spacial score (nSPS) is 15.4. The second-order valence-electron chi connectivity index (χ2n) is 8.92. The Hall–Kier alpha value is -2.35. The molecule has 3 aromatic rings. The molecule has 1 atom stereocenters. The third kappa shape index (κ3) is 6.20. The average molecular weight is 520 g/mol. The predicted octanol–water partition coefficient (Wildman–Crippen LogP) is 5.94. The van der Waals surface area contributed by atoms with Crippen LogP contribution in [-0.4, -0.2) is 30.4 Å². The molecule has 0 saturated heterocycles. The lowest BCUT2D eigenvalue weighted by Crippen LogP contribution is -2.23. The van der Waals surface area contributed by atoms with Crippen molar-refractivity contribution < 1.29 is 13.2 Å². The first-order valence-electron chi connectivity index (χ1n) is 11.3. The number of halogens is 2. The molecule has 0 spiro atoms. The van der Waals surface area contributed by atoms with E-state index in [-0.39, 0.29) is 15.8 Å². The largest absolute Gasteiger partial charge is 0.309 e. The molecule has 1 N–H and O–H groups in total. The van der Waals surface area contributed by atoms with Crippen LogP contribution < -0.4 is 5.32 Å². The maximum Gasteiger partial charge on any atom is 0.233 e. The van der Waals surface area contributed by atoms with Crippen LogP contribution in [0.2, 0.25) is 10.0 Å². The summed E-state index contributed by atoms with van der Waals surface area (Å²) in [5.74, 6) is 0.295. The minimum absolute atomic E-state index is 0.0684. The highest BCUT2D eigenvalue weighted by Crippen LogP contribution is 2.36. The second kappa shape index (κ2) is 10.5. The Bertz CT molecular complexity index is 1270. The van der Waals surface area contributed by atoms with Crippen LogP contribution in [0.15, 0.2) is 59.6 Å². The molecule has 1 aliphatic carbocycles. The number of hydrogen-bond acceptors (Lipinski definition) is 4. The number of amides is 1. The molecule has 1 heterocycles. The summed E-state index contributed by atoms with van der Waals surface area (Å²) in [4.78, 5) is 13.4. The van der Waals surface area contributed by atoms with Crippen LogP contribution in [0, 0.1) is 5.92 Å². The standard InChI is InChI=1S/C25H27Cl2N3O3S/c1-34(32,33)23-11-8-19(15-22(23)27)21(14-17-4-2-3-5-17)25(31)28-24-12-13-30(29-24)16-18-6-9-20(26)10-7-18/h6-13,15,17,21H,2-5,14,16H2,1H3,(H,28,29,31). The van der Waals surface area contributed by atoms with Crippen LogP contribution in [0.1, 0.15) is 49.1 Å². The van der Waals surface area contributed by atoms with Crippen molar-refractivity contribution in [3.05, 3.63) is 75.9 Å². The number of anilines is 1. The Labute approximate surface area is 210 Å². The Balaban J connectivity index is 1.52. The molecule has 2 aromatic carbocycles. The lowest BCUT2D eigenvalue weighted by molar-refractivity contribution is -0.118. The van der Waals surface area contributed by atoms with Gasteiger partial charge in [-0.15, -0.1) is 0 Å². The summed E-state index contributed by atoms with van der Waals surface area (Å²) < 4.78 is 25.7. The zero-order valence-corrected chi connectivity index (χ0v) is 21.2. The topological polar surface area (TPSA) is 81.1 Å². The van der Waals surface area contributed by atoms with E-state index in [9.17, 15) is 13.2 Å². The highest BCUT2D eigenvalue weighted by atomic mass is 35.5. The van der Waals surface area contributed by atoms with Gasteiger partial charge in [-0.1, -0.05) is 67.1 Å². The van der Waals surface area contributed by atoms with Crippen LogP contribution in [-0.2, 0) is 21.2 Å². The van der Waals surface area contributed by atoms with E-state index < -0.39 is 15.8 Å². The fraction of sp³-hybridized carbons (Fsp3) is 0.360. The van der Waals surface area contributed by atoms with Gasteiger partial charge < -0.3 is 5.32 Å². The van der Waals surface area contributed by atoms with Gasteiger partial charge in [0.2, 0.25) is 5.91 Å². The number of carbonyl (C=O) groups excluding carboxylic acids is 1. The number of rotatable bonds is 8. The molecule has 1 aliphatic rings. The van der Waals surface area contributed by atoms with E-state index >= 15 is 0 Å². The van der Waals surface area contributed by atoms with Crippen LogP contribution >= 0.6 is 23.2 Å². The van der Waals surface area contributed by atoms with Crippen molar-refractivity contribution in [2.75, 3.05) is 11.6 Å². The van der Waals surface area contributed by atoms with Crippen LogP contribution in [0.25, 0.3) is 0 Å². The molecule has 1 aromatic heterocycles. The lowest BCUT2D eigenvalue weighted by Gasteiger charge is -2.21. The van der Waals surface area contributed by atoms with Gasteiger partial charge in [0, 0.05) is 23.5 Å². The summed E-state index contributed by atoms with van der Waals surface area (Å²) in [5.41, 5.74) is 1.76. The van der Waals surface area contributed by atoms with Gasteiger partial charge in [0.1, 0.15) is 0 Å². The summed E-state index contributed by atoms with van der Waals surface area (Å²) in [6, 6.07) is 14.1. The van der Waals surface area contributed by atoms with Gasteiger partial charge in [0.25, 0.3) is 0 Å². The van der Waals surface area contributed by atoms with Crippen LogP contribution in [0.3, 0.4) is 0 Å². The molecule has 0 aliphatic heterocycles. The highest BCUT2D eigenvalue weighted by Gasteiger charge is 2.28. The molecule has 9 heteroatoms.